The van der Waals surface area contributed by atoms with Crippen LogP contribution in [0.1, 0.15) is 0 Å². The molecule has 0 amide bonds. The maximum absolute atomic E-state index is 5.46. The minimum atomic E-state index is 0.337. The van der Waals surface area contributed by atoms with Gasteiger partial charge in [0.1, 0.15) is 18.5 Å². The van der Waals surface area contributed by atoms with Crippen LogP contribution in [-0.4, -0.2) is 19.3 Å². The summed E-state index contributed by atoms with van der Waals surface area (Å²) in [5.74, 6) is 0.922. The maximum atomic E-state index is 5.46. The van der Waals surface area contributed by atoms with Gasteiger partial charge in [-0.25, -0.2) is 0 Å². The first-order chi connectivity index (χ1) is 5.84. The van der Waals surface area contributed by atoms with Crippen LogP contribution in [-0.2, 0) is 4.74 Å². The van der Waals surface area contributed by atoms with Crippen molar-refractivity contribution in [2.45, 2.75) is 6.10 Å². The lowest BCUT2D eigenvalue weighted by Gasteiger charge is -2.02. The molecule has 2 rings (SSSR count). The van der Waals surface area contributed by atoms with Crippen molar-refractivity contribution in [1.29, 1.82) is 0 Å². The SMILES string of the molecule is Ic1ccc(OC[C@@H]2CO2)cc1. The molecule has 0 saturated carbocycles. The summed E-state index contributed by atoms with van der Waals surface area (Å²) in [5.41, 5.74) is 0. The first-order valence-electron chi connectivity index (χ1n) is 3.84. The van der Waals surface area contributed by atoms with Gasteiger partial charge in [0.15, 0.2) is 0 Å². The van der Waals surface area contributed by atoms with Crippen LogP contribution in [0, 0.1) is 3.57 Å². The number of benzene rings is 1. The van der Waals surface area contributed by atoms with Gasteiger partial charge in [0, 0.05) is 3.57 Å². The summed E-state index contributed by atoms with van der Waals surface area (Å²) in [6.07, 6.45) is 0.337. The fourth-order valence-electron chi connectivity index (χ4n) is 0.884. The molecule has 2 nitrogen and oxygen atoms in total. The van der Waals surface area contributed by atoms with Crippen LogP contribution >= 0.6 is 22.6 Å². The molecule has 3 heteroatoms. The smallest absolute Gasteiger partial charge is 0.119 e. The molecule has 1 aliphatic heterocycles. The van der Waals surface area contributed by atoms with E-state index in [-0.39, 0.29) is 0 Å². The Morgan fingerprint density at radius 2 is 2.08 bits per heavy atom. The van der Waals surface area contributed by atoms with E-state index in [0.717, 1.165) is 12.4 Å². The lowest BCUT2D eigenvalue weighted by Crippen LogP contribution is -2.03. The normalized spacial score (nSPS) is 20.6. The quantitative estimate of drug-likeness (QED) is 0.622. The molecule has 1 fully saturated rings. The van der Waals surface area contributed by atoms with Crippen molar-refractivity contribution < 1.29 is 9.47 Å². The fraction of sp³-hybridized carbons (Fsp3) is 0.333. The Kier molecular flexibility index (Phi) is 2.51. The largest absolute Gasteiger partial charge is 0.491 e. The van der Waals surface area contributed by atoms with Crippen molar-refractivity contribution in [3.8, 4) is 5.75 Å². The summed E-state index contributed by atoms with van der Waals surface area (Å²) < 4.78 is 11.7. The van der Waals surface area contributed by atoms with Crippen molar-refractivity contribution in [3.63, 3.8) is 0 Å². The zero-order valence-corrected chi connectivity index (χ0v) is 8.65. The van der Waals surface area contributed by atoms with Crippen molar-refractivity contribution in [3.05, 3.63) is 27.8 Å². The fourth-order valence-corrected chi connectivity index (χ4v) is 1.24. The van der Waals surface area contributed by atoms with Gasteiger partial charge in [0.2, 0.25) is 0 Å². The molecule has 1 saturated heterocycles. The lowest BCUT2D eigenvalue weighted by atomic mass is 10.3. The average Bonchev–Trinajstić information content (AvgIpc) is 2.87. The molecule has 0 unspecified atom stereocenters. The topological polar surface area (TPSA) is 21.8 Å². The summed E-state index contributed by atoms with van der Waals surface area (Å²) in [7, 11) is 0. The molecule has 0 N–H and O–H groups in total. The molecule has 0 radical (unpaired) electrons. The van der Waals surface area contributed by atoms with Crippen LogP contribution in [0.15, 0.2) is 24.3 Å². The van der Waals surface area contributed by atoms with Crippen LogP contribution in [0.25, 0.3) is 0 Å². The number of halogens is 1. The Morgan fingerprint density at radius 1 is 1.42 bits per heavy atom. The predicted molar refractivity (Wildman–Crippen MR) is 54.4 cm³/mol. The molecule has 64 valence electrons. The highest BCUT2D eigenvalue weighted by atomic mass is 127. The molecular formula is C9H9IO2. The summed E-state index contributed by atoms with van der Waals surface area (Å²) in [4.78, 5) is 0. The Morgan fingerprint density at radius 3 is 2.67 bits per heavy atom. The van der Waals surface area contributed by atoms with Crippen LogP contribution in [0.5, 0.6) is 5.75 Å². The summed E-state index contributed by atoms with van der Waals surface area (Å²) in [5, 5.41) is 0. The van der Waals surface area contributed by atoms with E-state index in [1.807, 2.05) is 24.3 Å². The maximum Gasteiger partial charge on any atom is 0.119 e. The second-order valence-corrected chi connectivity index (χ2v) is 3.97. The first-order valence-corrected chi connectivity index (χ1v) is 4.92. The van der Waals surface area contributed by atoms with Crippen LogP contribution in [0.3, 0.4) is 0 Å². The number of epoxide rings is 1. The lowest BCUT2D eigenvalue weighted by molar-refractivity contribution is 0.263. The third kappa shape index (κ3) is 2.35. The minimum absolute atomic E-state index is 0.337. The molecule has 1 aromatic carbocycles. The number of rotatable bonds is 3. The number of hydrogen-bond donors (Lipinski definition) is 0. The highest BCUT2D eigenvalue weighted by Gasteiger charge is 2.22. The third-order valence-electron chi connectivity index (χ3n) is 1.65. The molecule has 0 spiro atoms. The third-order valence-corrected chi connectivity index (χ3v) is 2.37. The van der Waals surface area contributed by atoms with E-state index in [1.165, 1.54) is 3.57 Å². The average molecular weight is 276 g/mol. The molecule has 0 aliphatic carbocycles. The zero-order chi connectivity index (χ0) is 8.39. The van der Waals surface area contributed by atoms with Crippen LogP contribution in [0.2, 0.25) is 0 Å². The van der Waals surface area contributed by atoms with E-state index in [0.29, 0.717) is 12.7 Å². The van der Waals surface area contributed by atoms with Gasteiger partial charge in [-0.3, -0.25) is 0 Å². The number of hydrogen-bond acceptors (Lipinski definition) is 2. The van der Waals surface area contributed by atoms with Gasteiger partial charge in [-0.05, 0) is 46.9 Å². The summed E-state index contributed by atoms with van der Waals surface area (Å²) in [6, 6.07) is 8.02. The molecular weight excluding hydrogens is 267 g/mol. The highest BCUT2D eigenvalue weighted by Crippen LogP contribution is 2.16. The van der Waals surface area contributed by atoms with Gasteiger partial charge in [-0.1, -0.05) is 0 Å². The van der Waals surface area contributed by atoms with Crippen molar-refractivity contribution in [2.24, 2.45) is 0 Å². The minimum Gasteiger partial charge on any atom is -0.491 e. The molecule has 1 aromatic rings. The van der Waals surface area contributed by atoms with E-state index >= 15 is 0 Å². The molecule has 1 heterocycles. The molecule has 1 aliphatic rings. The second-order valence-electron chi connectivity index (χ2n) is 2.72. The Labute approximate surface area is 85.0 Å². The zero-order valence-electron chi connectivity index (χ0n) is 6.50. The Bertz CT molecular complexity index is 254. The van der Waals surface area contributed by atoms with Crippen LogP contribution < -0.4 is 4.74 Å². The number of ether oxygens (including phenoxy) is 2. The molecule has 1 atom stereocenters. The van der Waals surface area contributed by atoms with E-state index in [4.69, 9.17) is 9.47 Å². The molecule has 12 heavy (non-hydrogen) atoms. The molecule has 0 bridgehead atoms. The van der Waals surface area contributed by atoms with E-state index in [9.17, 15) is 0 Å². The highest BCUT2D eigenvalue weighted by molar-refractivity contribution is 14.1. The first kappa shape index (κ1) is 8.31. The summed E-state index contributed by atoms with van der Waals surface area (Å²) >= 11 is 2.27. The van der Waals surface area contributed by atoms with Gasteiger partial charge in [0.05, 0.1) is 6.61 Å². The van der Waals surface area contributed by atoms with Crippen molar-refractivity contribution in [1.82, 2.24) is 0 Å². The summed E-state index contributed by atoms with van der Waals surface area (Å²) in [6.45, 7) is 1.53. The van der Waals surface area contributed by atoms with E-state index in [2.05, 4.69) is 22.6 Å². The Balaban J connectivity index is 1.89. The standard InChI is InChI=1S/C9H9IO2/c10-7-1-3-8(4-2-7)11-5-9-6-12-9/h1-4,9H,5-6H2/t9-/m1/s1. The van der Waals surface area contributed by atoms with Gasteiger partial charge >= 0.3 is 0 Å². The molecule has 0 aromatic heterocycles. The van der Waals surface area contributed by atoms with Crippen molar-refractivity contribution in [2.75, 3.05) is 13.2 Å². The van der Waals surface area contributed by atoms with Gasteiger partial charge in [-0.2, -0.15) is 0 Å². The monoisotopic (exact) mass is 276 g/mol. The second kappa shape index (κ2) is 3.62. The van der Waals surface area contributed by atoms with Gasteiger partial charge in [0.25, 0.3) is 0 Å². The van der Waals surface area contributed by atoms with Crippen molar-refractivity contribution >= 4 is 22.6 Å². The van der Waals surface area contributed by atoms with Gasteiger partial charge in [-0.15, -0.1) is 0 Å². The van der Waals surface area contributed by atoms with Gasteiger partial charge < -0.3 is 9.47 Å². The predicted octanol–water partition coefficient (Wildman–Crippen LogP) is 2.07. The van der Waals surface area contributed by atoms with E-state index < -0.39 is 0 Å². The Hall–Kier alpha value is -0.290. The van der Waals surface area contributed by atoms with Crippen LogP contribution in [0.4, 0.5) is 0 Å². The van der Waals surface area contributed by atoms with E-state index in [1.54, 1.807) is 0 Å².